The third-order valence-electron chi connectivity index (χ3n) is 5.26. The number of ether oxygens (including phenoxy) is 1. The molecule has 118 valence electrons. The molecule has 0 aromatic carbocycles. The Bertz CT molecular complexity index is 288. The van der Waals surface area contributed by atoms with Gasteiger partial charge in [0.2, 0.25) is 0 Å². The van der Waals surface area contributed by atoms with Crippen LogP contribution in [0, 0.1) is 11.3 Å². The van der Waals surface area contributed by atoms with Gasteiger partial charge in [-0.25, -0.2) is 0 Å². The second kappa shape index (κ2) is 7.02. The van der Waals surface area contributed by atoms with Crippen LogP contribution >= 0.6 is 11.8 Å². The Morgan fingerprint density at radius 1 is 1.30 bits per heavy atom. The van der Waals surface area contributed by atoms with Crippen molar-refractivity contribution in [3.63, 3.8) is 0 Å². The van der Waals surface area contributed by atoms with Gasteiger partial charge < -0.3 is 10.1 Å². The van der Waals surface area contributed by atoms with Crippen LogP contribution in [-0.2, 0) is 4.74 Å². The highest BCUT2D eigenvalue weighted by atomic mass is 32.2. The van der Waals surface area contributed by atoms with Gasteiger partial charge in [-0.05, 0) is 68.4 Å². The smallest absolute Gasteiger partial charge is 0.0700 e. The Morgan fingerprint density at radius 3 is 2.60 bits per heavy atom. The Morgan fingerprint density at radius 2 is 2.00 bits per heavy atom. The molecule has 2 heterocycles. The molecule has 2 unspecified atom stereocenters. The van der Waals surface area contributed by atoms with E-state index in [9.17, 15) is 0 Å². The topological polar surface area (TPSA) is 21.3 Å². The van der Waals surface area contributed by atoms with Crippen LogP contribution in [0.25, 0.3) is 0 Å². The molecule has 2 nitrogen and oxygen atoms in total. The molecule has 2 aliphatic heterocycles. The monoisotopic (exact) mass is 299 g/mol. The van der Waals surface area contributed by atoms with Gasteiger partial charge in [-0.15, -0.1) is 0 Å². The minimum atomic E-state index is 0.255. The summed E-state index contributed by atoms with van der Waals surface area (Å²) in [6.45, 7) is 8.03. The lowest BCUT2D eigenvalue weighted by Gasteiger charge is -2.44. The number of hydrogen-bond donors (Lipinski definition) is 1. The minimum Gasteiger partial charge on any atom is -0.375 e. The first-order chi connectivity index (χ1) is 9.45. The van der Waals surface area contributed by atoms with Crippen molar-refractivity contribution >= 4 is 11.8 Å². The van der Waals surface area contributed by atoms with Crippen molar-refractivity contribution in [2.24, 2.45) is 11.3 Å². The van der Waals surface area contributed by atoms with Crippen LogP contribution in [0.3, 0.4) is 0 Å². The van der Waals surface area contributed by atoms with E-state index in [2.05, 4.69) is 44.9 Å². The van der Waals surface area contributed by atoms with E-state index in [0.29, 0.717) is 11.5 Å². The molecule has 0 aliphatic carbocycles. The van der Waals surface area contributed by atoms with Gasteiger partial charge in [-0.3, -0.25) is 0 Å². The Balaban J connectivity index is 1.83. The van der Waals surface area contributed by atoms with Crippen molar-refractivity contribution in [1.29, 1.82) is 0 Å². The molecule has 0 radical (unpaired) electrons. The van der Waals surface area contributed by atoms with Gasteiger partial charge in [-0.1, -0.05) is 20.8 Å². The van der Waals surface area contributed by atoms with Crippen LogP contribution in [0.1, 0.15) is 59.3 Å². The molecule has 0 saturated carbocycles. The summed E-state index contributed by atoms with van der Waals surface area (Å²) in [5.74, 6) is 3.48. The summed E-state index contributed by atoms with van der Waals surface area (Å²) in [6.07, 6.45) is 7.81. The van der Waals surface area contributed by atoms with Crippen molar-refractivity contribution in [3.8, 4) is 0 Å². The second-order valence-electron chi connectivity index (χ2n) is 7.79. The molecule has 1 N–H and O–H groups in total. The molecule has 2 atom stereocenters. The standard InChI is InChI=1S/C17H33NOS/c1-16(2,3)15(18-4)6-5-14-7-10-19-17(13-14)8-11-20-12-9-17/h14-15,18H,5-13H2,1-4H3. The molecule has 3 heteroatoms. The fourth-order valence-corrected chi connectivity index (χ4v) is 5.12. The summed E-state index contributed by atoms with van der Waals surface area (Å²) in [4.78, 5) is 0. The van der Waals surface area contributed by atoms with Crippen molar-refractivity contribution in [3.05, 3.63) is 0 Å². The maximum atomic E-state index is 6.21. The first kappa shape index (κ1) is 16.6. The molecule has 0 amide bonds. The van der Waals surface area contributed by atoms with Crippen LogP contribution in [-0.4, -0.2) is 36.8 Å². The predicted octanol–water partition coefficient (Wildman–Crippen LogP) is 4.09. The summed E-state index contributed by atoms with van der Waals surface area (Å²) in [5.41, 5.74) is 0.615. The van der Waals surface area contributed by atoms with E-state index < -0.39 is 0 Å². The van der Waals surface area contributed by atoms with E-state index in [1.165, 1.54) is 50.0 Å². The van der Waals surface area contributed by atoms with Crippen LogP contribution in [0.15, 0.2) is 0 Å². The van der Waals surface area contributed by atoms with Gasteiger partial charge in [0.15, 0.2) is 0 Å². The highest BCUT2D eigenvalue weighted by molar-refractivity contribution is 7.99. The van der Waals surface area contributed by atoms with Crippen LogP contribution in [0.4, 0.5) is 0 Å². The van der Waals surface area contributed by atoms with Crippen LogP contribution in [0.5, 0.6) is 0 Å². The average Bonchev–Trinajstić information content (AvgIpc) is 2.39. The lowest BCUT2D eigenvalue weighted by molar-refractivity contribution is -0.103. The number of hydrogen-bond acceptors (Lipinski definition) is 3. The van der Waals surface area contributed by atoms with Crippen LogP contribution < -0.4 is 5.32 Å². The van der Waals surface area contributed by atoms with Gasteiger partial charge in [0.05, 0.1) is 5.60 Å². The highest BCUT2D eigenvalue weighted by Gasteiger charge is 2.38. The summed E-state index contributed by atoms with van der Waals surface area (Å²) in [6, 6.07) is 0.628. The van der Waals surface area contributed by atoms with Crippen molar-refractivity contribution in [1.82, 2.24) is 5.32 Å². The number of rotatable bonds is 4. The largest absolute Gasteiger partial charge is 0.375 e. The van der Waals surface area contributed by atoms with E-state index in [1.807, 2.05) is 0 Å². The highest BCUT2D eigenvalue weighted by Crippen LogP contribution is 2.41. The van der Waals surface area contributed by atoms with Gasteiger partial charge in [-0.2, -0.15) is 11.8 Å². The molecule has 2 aliphatic rings. The van der Waals surface area contributed by atoms with Gasteiger partial charge in [0, 0.05) is 12.6 Å². The lowest BCUT2D eigenvalue weighted by Crippen LogP contribution is -2.43. The summed E-state index contributed by atoms with van der Waals surface area (Å²) >= 11 is 2.10. The third kappa shape index (κ3) is 4.38. The molecular formula is C17H33NOS. The van der Waals surface area contributed by atoms with E-state index in [-0.39, 0.29) is 5.60 Å². The molecule has 2 rings (SSSR count). The Labute approximate surface area is 129 Å². The minimum absolute atomic E-state index is 0.255. The summed E-state index contributed by atoms with van der Waals surface area (Å²) in [7, 11) is 2.11. The molecule has 0 aromatic heterocycles. The van der Waals surface area contributed by atoms with Crippen molar-refractivity contribution in [2.45, 2.75) is 70.9 Å². The summed E-state index contributed by atoms with van der Waals surface area (Å²) < 4.78 is 6.21. The predicted molar refractivity (Wildman–Crippen MR) is 89.5 cm³/mol. The fraction of sp³-hybridized carbons (Fsp3) is 1.00. The maximum Gasteiger partial charge on any atom is 0.0700 e. The van der Waals surface area contributed by atoms with E-state index in [1.54, 1.807) is 0 Å². The van der Waals surface area contributed by atoms with E-state index in [0.717, 1.165) is 12.5 Å². The molecule has 2 saturated heterocycles. The van der Waals surface area contributed by atoms with Crippen molar-refractivity contribution in [2.75, 3.05) is 25.2 Å². The molecule has 0 bridgehead atoms. The molecule has 2 fully saturated rings. The molecule has 0 aromatic rings. The number of thioether (sulfide) groups is 1. The zero-order valence-corrected chi connectivity index (χ0v) is 14.7. The normalized spacial score (nSPS) is 28.5. The van der Waals surface area contributed by atoms with Gasteiger partial charge >= 0.3 is 0 Å². The molecular weight excluding hydrogens is 266 g/mol. The van der Waals surface area contributed by atoms with E-state index in [4.69, 9.17) is 4.74 Å². The molecule has 1 spiro atoms. The maximum absolute atomic E-state index is 6.21. The van der Waals surface area contributed by atoms with Gasteiger partial charge in [0.25, 0.3) is 0 Å². The van der Waals surface area contributed by atoms with E-state index >= 15 is 0 Å². The number of nitrogens with one attached hydrogen (secondary N) is 1. The second-order valence-corrected chi connectivity index (χ2v) is 9.01. The van der Waals surface area contributed by atoms with Crippen molar-refractivity contribution < 1.29 is 4.74 Å². The quantitative estimate of drug-likeness (QED) is 0.844. The Kier molecular flexibility index (Phi) is 5.84. The zero-order valence-electron chi connectivity index (χ0n) is 13.8. The van der Waals surface area contributed by atoms with Crippen LogP contribution in [0.2, 0.25) is 0 Å². The van der Waals surface area contributed by atoms with Gasteiger partial charge in [0.1, 0.15) is 0 Å². The first-order valence-corrected chi connectivity index (χ1v) is 9.50. The molecule has 20 heavy (non-hydrogen) atoms. The average molecular weight is 300 g/mol. The zero-order chi connectivity index (χ0) is 14.6. The summed E-state index contributed by atoms with van der Waals surface area (Å²) in [5, 5.41) is 3.52. The lowest BCUT2D eigenvalue weighted by atomic mass is 9.77. The first-order valence-electron chi connectivity index (χ1n) is 8.34. The fourth-order valence-electron chi connectivity index (χ4n) is 3.88. The third-order valence-corrected chi connectivity index (χ3v) is 6.24. The SMILES string of the molecule is CNC(CCC1CCOC2(CCSCC2)C1)C(C)(C)C. The Hall–Kier alpha value is 0.270.